The van der Waals surface area contributed by atoms with Crippen LogP contribution < -0.4 is 15.6 Å². The van der Waals surface area contributed by atoms with Crippen LogP contribution >= 0.6 is 23.2 Å². The van der Waals surface area contributed by atoms with Crippen LogP contribution in [0.2, 0.25) is 10.0 Å². The second kappa shape index (κ2) is 7.85. The van der Waals surface area contributed by atoms with Gasteiger partial charge in [0.05, 0.1) is 17.2 Å². The van der Waals surface area contributed by atoms with Gasteiger partial charge in [0, 0.05) is 10.6 Å². The molecule has 0 aliphatic rings. The number of hydrazine groups is 1. The van der Waals surface area contributed by atoms with Crippen LogP contribution in [0.4, 0.5) is 0 Å². The zero-order valence-corrected chi connectivity index (χ0v) is 13.7. The van der Waals surface area contributed by atoms with Gasteiger partial charge in [0.25, 0.3) is 11.8 Å². The zero-order chi connectivity index (χ0) is 16.8. The van der Waals surface area contributed by atoms with Crippen molar-refractivity contribution in [2.75, 3.05) is 6.61 Å². The molecule has 0 bridgehead atoms. The van der Waals surface area contributed by atoms with Gasteiger partial charge in [0.2, 0.25) is 0 Å². The lowest BCUT2D eigenvalue weighted by Crippen LogP contribution is -2.41. The number of carbonyl (C=O) groups excluding carboxylic acids is 2. The molecule has 0 spiro atoms. The fourth-order valence-electron chi connectivity index (χ4n) is 1.79. The lowest BCUT2D eigenvalue weighted by Gasteiger charge is -2.09. The molecular formula is C16H14Cl2N2O3. The molecule has 23 heavy (non-hydrogen) atoms. The molecule has 0 saturated carbocycles. The maximum atomic E-state index is 12.0. The Morgan fingerprint density at radius 2 is 1.65 bits per heavy atom. The third kappa shape index (κ3) is 4.61. The first-order valence-corrected chi connectivity index (χ1v) is 7.55. The topological polar surface area (TPSA) is 67.4 Å². The van der Waals surface area contributed by atoms with E-state index in [1.54, 1.807) is 30.3 Å². The van der Waals surface area contributed by atoms with Crippen LogP contribution in [0.1, 0.15) is 27.6 Å². The van der Waals surface area contributed by atoms with E-state index in [2.05, 4.69) is 10.9 Å². The van der Waals surface area contributed by atoms with Gasteiger partial charge in [-0.25, -0.2) is 0 Å². The van der Waals surface area contributed by atoms with Crippen molar-refractivity contribution in [3.8, 4) is 5.75 Å². The standard InChI is InChI=1S/C16H14Cl2N2O3/c1-2-23-12-6-3-10(4-7-12)15(21)19-20-16(22)13-9-11(17)5-8-14(13)18/h3-9H,2H2,1H3,(H,19,21)(H,20,22). The number of halogens is 2. The largest absolute Gasteiger partial charge is 0.494 e. The first kappa shape index (κ1) is 17.1. The van der Waals surface area contributed by atoms with E-state index in [4.69, 9.17) is 27.9 Å². The zero-order valence-electron chi connectivity index (χ0n) is 12.2. The maximum Gasteiger partial charge on any atom is 0.271 e. The number of benzene rings is 2. The van der Waals surface area contributed by atoms with E-state index in [1.807, 2.05) is 6.92 Å². The summed E-state index contributed by atoms with van der Waals surface area (Å²) >= 11 is 11.7. The third-order valence-corrected chi connectivity index (χ3v) is 3.45. The fraction of sp³-hybridized carbons (Fsp3) is 0.125. The van der Waals surface area contributed by atoms with E-state index in [0.717, 1.165) is 0 Å². The third-order valence-electron chi connectivity index (χ3n) is 2.89. The Labute approximate surface area is 143 Å². The molecule has 7 heteroatoms. The van der Waals surface area contributed by atoms with E-state index in [0.29, 0.717) is 22.9 Å². The van der Waals surface area contributed by atoms with Gasteiger partial charge >= 0.3 is 0 Å². The summed E-state index contributed by atoms with van der Waals surface area (Å²) in [5.41, 5.74) is 5.16. The van der Waals surface area contributed by atoms with Crippen molar-refractivity contribution in [2.24, 2.45) is 0 Å². The highest BCUT2D eigenvalue weighted by molar-refractivity contribution is 6.35. The summed E-state index contributed by atoms with van der Waals surface area (Å²) in [5.74, 6) is -0.352. The Bertz CT molecular complexity index is 718. The van der Waals surface area contributed by atoms with Gasteiger partial charge in [-0.2, -0.15) is 0 Å². The van der Waals surface area contributed by atoms with Gasteiger partial charge in [0.1, 0.15) is 5.75 Å². The van der Waals surface area contributed by atoms with Crippen LogP contribution in [0, 0.1) is 0 Å². The number of amides is 2. The van der Waals surface area contributed by atoms with Crippen LogP contribution in [0.25, 0.3) is 0 Å². The fourth-order valence-corrected chi connectivity index (χ4v) is 2.17. The van der Waals surface area contributed by atoms with E-state index in [1.165, 1.54) is 12.1 Å². The quantitative estimate of drug-likeness (QED) is 0.828. The number of ether oxygens (including phenoxy) is 1. The molecular weight excluding hydrogens is 339 g/mol. The SMILES string of the molecule is CCOc1ccc(C(=O)NNC(=O)c2cc(Cl)ccc2Cl)cc1. The molecule has 0 heterocycles. The number of hydrogen-bond donors (Lipinski definition) is 2. The van der Waals surface area contributed by atoms with Crippen LogP contribution in [-0.2, 0) is 0 Å². The summed E-state index contributed by atoms with van der Waals surface area (Å²) in [4.78, 5) is 24.0. The highest BCUT2D eigenvalue weighted by Crippen LogP contribution is 2.20. The molecule has 2 aromatic carbocycles. The lowest BCUT2D eigenvalue weighted by molar-refractivity contribution is 0.0846. The van der Waals surface area contributed by atoms with Crippen LogP contribution in [0.5, 0.6) is 5.75 Å². The maximum absolute atomic E-state index is 12.0. The molecule has 0 atom stereocenters. The monoisotopic (exact) mass is 352 g/mol. The molecule has 0 radical (unpaired) electrons. The van der Waals surface area contributed by atoms with Crippen molar-refractivity contribution < 1.29 is 14.3 Å². The lowest BCUT2D eigenvalue weighted by atomic mass is 10.2. The van der Waals surface area contributed by atoms with Crippen molar-refractivity contribution in [1.82, 2.24) is 10.9 Å². The van der Waals surface area contributed by atoms with Gasteiger partial charge in [-0.15, -0.1) is 0 Å². The average molecular weight is 353 g/mol. The van der Waals surface area contributed by atoms with Gasteiger partial charge in [-0.3, -0.25) is 20.4 Å². The van der Waals surface area contributed by atoms with Crippen molar-refractivity contribution >= 4 is 35.0 Å². The van der Waals surface area contributed by atoms with Crippen molar-refractivity contribution in [2.45, 2.75) is 6.92 Å². The minimum atomic E-state index is -0.559. The van der Waals surface area contributed by atoms with Crippen molar-refractivity contribution in [3.63, 3.8) is 0 Å². The summed E-state index contributed by atoms with van der Waals surface area (Å²) in [6, 6.07) is 11.0. The van der Waals surface area contributed by atoms with Gasteiger partial charge < -0.3 is 4.74 Å². The first-order chi connectivity index (χ1) is 11.0. The first-order valence-electron chi connectivity index (χ1n) is 6.80. The van der Waals surface area contributed by atoms with Crippen LogP contribution in [0.3, 0.4) is 0 Å². The molecule has 0 aliphatic heterocycles. The van der Waals surface area contributed by atoms with Gasteiger partial charge in [-0.1, -0.05) is 23.2 Å². The molecule has 120 valence electrons. The number of carbonyl (C=O) groups is 2. The predicted octanol–water partition coefficient (Wildman–Crippen LogP) is 3.47. The molecule has 0 aliphatic carbocycles. The molecule has 0 unspecified atom stereocenters. The van der Waals surface area contributed by atoms with Gasteiger partial charge in [-0.05, 0) is 49.4 Å². The number of hydrogen-bond acceptors (Lipinski definition) is 3. The average Bonchev–Trinajstić information content (AvgIpc) is 2.55. The highest BCUT2D eigenvalue weighted by atomic mass is 35.5. The Balaban J connectivity index is 1.98. The van der Waals surface area contributed by atoms with Crippen LogP contribution in [0.15, 0.2) is 42.5 Å². The number of rotatable bonds is 4. The van der Waals surface area contributed by atoms with Crippen molar-refractivity contribution in [1.29, 1.82) is 0 Å². The van der Waals surface area contributed by atoms with Gasteiger partial charge in [0.15, 0.2) is 0 Å². The molecule has 0 fully saturated rings. The van der Waals surface area contributed by atoms with E-state index >= 15 is 0 Å². The van der Waals surface area contributed by atoms with E-state index in [9.17, 15) is 9.59 Å². The molecule has 0 aromatic heterocycles. The summed E-state index contributed by atoms with van der Waals surface area (Å²) < 4.78 is 5.29. The summed E-state index contributed by atoms with van der Waals surface area (Å²) in [6.45, 7) is 2.42. The van der Waals surface area contributed by atoms with E-state index in [-0.39, 0.29) is 10.6 Å². The van der Waals surface area contributed by atoms with Crippen LogP contribution in [-0.4, -0.2) is 18.4 Å². The second-order valence-electron chi connectivity index (χ2n) is 4.49. The minimum absolute atomic E-state index is 0.172. The summed E-state index contributed by atoms with van der Waals surface area (Å²) in [5, 5.41) is 0.611. The molecule has 0 saturated heterocycles. The predicted molar refractivity (Wildman–Crippen MR) is 89.0 cm³/mol. The molecule has 2 rings (SSSR count). The Hall–Kier alpha value is -2.24. The second-order valence-corrected chi connectivity index (χ2v) is 5.33. The normalized spacial score (nSPS) is 10.0. The molecule has 2 aromatic rings. The minimum Gasteiger partial charge on any atom is -0.494 e. The molecule has 2 N–H and O–H groups in total. The highest BCUT2D eigenvalue weighted by Gasteiger charge is 2.12. The Morgan fingerprint density at radius 3 is 2.30 bits per heavy atom. The Kier molecular flexibility index (Phi) is 5.84. The summed E-state index contributed by atoms with van der Waals surface area (Å²) in [6.07, 6.45) is 0. The Morgan fingerprint density at radius 1 is 1.00 bits per heavy atom. The smallest absolute Gasteiger partial charge is 0.271 e. The van der Waals surface area contributed by atoms with Crippen molar-refractivity contribution in [3.05, 3.63) is 63.6 Å². The molecule has 2 amide bonds. The number of nitrogens with one attached hydrogen (secondary N) is 2. The summed E-state index contributed by atoms with van der Waals surface area (Å²) in [7, 11) is 0. The molecule has 5 nitrogen and oxygen atoms in total. The van der Waals surface area contributed by atoms with E-state index < -0.39 is 11.8 Å².